The van der Waals surface area contributed by atoms with E-state index in [9.17, 15) is 19.6 Å². The maximum atomic E-state index is 16.0. The third kappa shape index (κ3) is 5.84. The molecule has 4 rings (SSSR count). The van der Waals surface area contributed by atoms with Crippen molar-refractivity contribution < 1.29 is 28.9 Å². The fraction of sp³-hybridized carbons (Fsp3) is 0.333. The molecule has 0 saturated heterocycles. The number of halogens is 1. The van der Waals surface area contributed by atoms with Gasteiger partial charge in [-0.3, -0.25) is 14.6 Å². The summed E-state index contributed by atoms with van der Waals surface area (Å²) in [4.78, 5) is 36.1. The van der Waals surface area contributed by atoms with Crippen LogP contribution < -0.4 is 10.6 Å². The molecule has 2 heterocycles. The molecule has 2 unspecified atom stereocenters. The molecular formula is C27H30BFN4O5. The first-order valence-corrected chi connectivity index (χ1v) is 12.4. The Morgan fingerprint density at radius 1 is 1.11 bits per heavy atom. The van der Waals surface area contributed by atoms with Crippen molar-refractivity contribution in [2.45, 2.75) is 44.4 Å². The van der Waals surface area contributed by atoms with Crippen LogP contribution in [0.25, 0.3) is 10.8 Å². The van der Waals surface area contributed by atoms with Crippen LogP contribution in [-0.4, -0.2) is 57.8 Å². The average Bonchev–Trinajstić information content (AvgIpc) is 3.36. The van der Waals surface area contributed by atoms with Crippen molar-refractivity contribution in [2.75, 3.05) is 6.54 Å². The quantitative estimate of drug-likeness (QED) is 0.304. The van der Waals surface area contributed by atoms with E-state index in [0.29, 0.717) is 5.39 Å². The first-order chi connectivity index (χ1) is 18.2. The van der Waals surface area contributed by atoms with Gasteiger partial charge in [-0.1, -0.05) is 73.6 Å². The Balaban J connectivity index is 1.53. The third-order valence-corrected chi connectivity index (χ3v) is 6.43. The summed E-state index contributed by atoms with van der Waals surface area (Å²) in [6, 6.07) is 17.2. The van der Waals surface area contributed by atoms with Crippen molar-refractivity contribution in [2.24, 2.45) is 11.1 Å². The lowest BCUT2D eigenvalue weighted by Crippen LogP contribution is -2.57. The molecule has 1 aliphatic rings. The average molecular weight is 520 g/mol. The standard InChI is InChI=1S/C27H30BFN4O5/c1-17(2)14-22(28(36)37)32-26(35)27(24(29)19-9-4-3-5-10-19)15-20(33-38-27)16-31-25(34)23-21-11-7-6-8-18(21)12-13-30-23/h3-13,17,22,24,36-37H,14-16H2,1-2H3,(H,31,34)(H,32,35)/t22-,24?,27?/m0/s1. The highest BCUT2D eigenvalue weighted by molar-refractivity contribution is 6.43. The van der Waals surface area contributed by atoms with Gasteiger partial charge in [0.2, 0.25) is 0 Å². The molecule has 0 saturated carbocycles. The van der Waals surface area contributed by atoms with Crippen LogP contribution in [0.2, 0.25) is 0 Å². The molecule has 4 N–H and O–H groups in total. The van der Waals surface area contributed by atoms with Crippen LogP contribution in [0.5, 0.6) is 0 Å². The molecule has 9 nitrogen and oxygen atoms in total. The Labute approximate surface area is 220 Å². The normalized spacial score (nSPS) is 18.4. The number of fused-ring (bicyclic) bond motifs is 1. The molecule has 11 heteroatoms. The van der Waals surface area contributed by atoms with Crippen LogP contribution in [0.3, 0.4) is 0 Å². The number of hydrogen-bond acceptors (Lipinski definition) is 7. The van der Waals surface area contributed by atoms with Crippen molar-refractivity contribution in [3.8, 4) is 0 Å². The number of oxime groups is 1. The predicted molar refractivity (Wildman–Crippen MR) is 142 cm³/mol. The molecule has 0 fully saturated rings. The van der Waals surface area contributed by atoms with E-state index >= 15 is 4.39 Å². The molecule has 3 atom stereocenters. The maximum Gasteiger partial charge on any atom is 0.475 e. The van der Waals surface area contributed by atoms with Gasteiger partial charge >= 0.3 is 7.12 Å². The molecule has 2 amide bonds. The molecule has 0 aliphatic carbocycles. The van der Waals surface area contributed by atoms with Crippen LogP contribution in [0.1, 0.15) is 48.9 Å². The second kappa shape index (κ2) is 11.7. The first kappa shape index (κ1) is 27.2. The number of carbonyl (C=O) groups is 2. The Bertz CT molecular complexity index is 1320. The van der Waals surface area contributed by atoms with Crippen LogP contribution in [0, 0.1) is 5.92 Å². The highest BCUT2D eigenvalue weighted by Gasteiger charge is 2.55. The van der Waals surface area contributed by atoms with Crippen molar-refractivity contribution in [3.05, 3.63) is 78.1 Å². The zero-order valence-corrected chi connectivity index (χ0v) is 21.2. The van der Waals surface area contributed by atoms with Gasteiger partial charge in [0, 0.05) is 18.0 Å². The lowest BCUT2D eigenvalue weighted by molar-refractivity contribution is -0.154. The number of aromatic nitrogens is 1. The van der Waals surface area contributed by atoms with E-state index in [1.165, 1.54) is 12.1 Å². The van der Waals surface area contributed by atoms with E-state index in [4.69, 9.17) is 4.84 Å². The van der Waals surface area contributed by atoms with Crippen LogP contribution in [-0.2, 0) is 9.63 Å². The predicted octanol–water partition coefficient (Wildman–Crippen LogP) is 2.73. The highest BCUT2D eigenvalue weighted by atomic mass is 19.1. The molecule has 198 valence electrons. The van der Waals surface area contributed by atoms with E-state index in [0.717, 1.165) is 5.39 Å². The van der Waals surface area contributed by atoms with Gasteiger partial charge in [-0.15, -0.1) is 0 Å². The molecule has 0 bridgehead atoms. The van der Waals surface area contributed by atoms with Gasteiger partial charge in [0.25, 0.3) is 17.4 Å². The Morgan fingerprint density at radius 3 is 2.53 bits per heavy atom. The monoisotopic (exact) mass is 520 g/mol. The largest absolute Gasteiger partial charge is 0.475 e. The summed E-state index contributed by atoms with van der Waals surface area (Å²) in [6.45, 7) is 3.62. The summed E-state index contributed by atoms with van der Waals surface area (Å²) in [5.74, 6) is -2.32. The molecule has 0 radical (unpaired) electrons. The van der Waals surface area contributed by atoms with Crippen LogP contribution >= 0.6 is 0 Å². The van der Waals surface area contributed by atoms with E-state index in [1.807, 2.05) is 32.0 Å². The molecule has 1 aliphatic heterocycles. The van der Waals surface area contributed by atoms with Gasteiger partial charge in [0.1, 0.15) is 5.69 Å². The maximum absolute atomic E-state index is 16.0. The SMILES string of the molecule is CC(C)C[C@H](NC(=O)C1(C(F)c2ccccc2)CC(CNC(=O)c2nccc3ccccc23)=NO1)B(O)O. The number of carbonyl (C=O) groups excluding carboxylic acids is 2. The Kier molecular flexibility index (Phi) is 8.38. The van der Waals surface area contributed by atoms with Crippen molar-refractivity contribution in [3.63, 3.8) is 0 Å². The van der Waals surface area contributed by atoms with Crippen molar-refractivity contribution in [1.82, 2.24) is 15.6 Å². The summed E-state index contributed by atoms with van der Waals surface area (Å²) in [7, 11) is -1.84. The summed E-state index contributed by atoms with van der Waals surface area (Å²) in [6.07, 6.45) is -0.382. The zero-order chi connectivity index (χ0) is 27.3. The minimum Gasteiger partial charge on any atom is -0.426 e. The fourth-order valence-electron chi connectivity index (χ4n) is 4.49. The topological polar surface area (TPSA) is 133 Å². The number of nitrogens with one attached hydrogen (secondary N) is 2. The number of hydrogen-bond donors (Lipinski definition) is 4. The van der Waals surface area contributed by atoms with Gasteiger partial charge < -0.3 is 25.5 Å². The van der Waals surface area contributed by atoms with E-state index < -0.39 is 36.6 Å². The van der Waals surface area contributed by atoms with Gasteiger partial charge in [-0.05, 0) is 29.4 Å². The first-order valence-electron chi connectivity index (χ1n) is 12.4. The summed E-state index contributed by atoms with van der Waals surface area (Å²) >= 11 is 0. The van der Waals surface area contributed by atoms with E-state index in [1.54, 1.807) is 36.5 Å². The van der Waals surface area contributed by atoms with Gasteiger partial charge in [0.05, 0.1) is 18.2 Å². The highest BCUT2D eigenvalue weighted by Crippen LogP contribution is 2.40. The number of nitrogens with zero attached hydrogens (tertiary/aromatic N) is 2. The number of benzene rings is 2. The zero-order valence-electron chi connectivity index (χ0n) is 21.2. The Morgan fingerprint density at radius 2 is 1.82 bits per heavy atom. The number of amides is 2. The van der Waals surface area contributed by atoms with Crippen LogP contribution in [0.4, 0.5) is 4.39 Å². The molecule has 1 aromatic heterocycles. The number of pyridine rings is 1. The second-order valence-electron chi connectivity index (χ2n) is 9.77. The lowest BCUT2D eigenvalue weighted by atomic mass is 9.74. The second-order valence-corrected chi connectivity index (χ2v) is 9.77. The molecular weight excluding hydrogens is 490 g/mol. The van der Waals surface area contributed by atoms with Gasteiger partial charge in [-0.25, -0.2) is 4.39 Å². The molecule has 38 heavy (non-hydrogen) atoms. The van der Waals surface area contributed by atoms with Crippen LogP contribution in [0.15, 0.2) is 72.0 Å². The minimum absolute atomic E-state index is 0.0301. The smallest absolute Gasteiger partial charge is 0.426 e. The minimum atomic E-state index is -2.09. The van der Waals surface area contributed by atoms with E-state index in [2.05, 4.69) is 20.8 Å². The molecule has 3 aromatic rings. The van der Waals surface area contributed by atoms with Crippen molar-refractivity contribution in [1.29, 1.82) is 0 Å². The van der Waals surface area contributed by atoms with Crippen molar-refractivity contribution >= 4 is 35.4 Å². The lowest BCUT2D eigenvalue weighted by Gasteiger charge is -2.31. The summed E-state index contributed by atoms with van der Waals surface area (Å²) in [5, 5.41) is 30.3. The molecule has 2 aromatic carbocycles. The summed E-state index contributed by atoms with van der Waals surface area (Å²) in [5.41, 5.74) is -1.42. The van der Waals surface area contributed by atoms with Gasteiger partial charge in [-0.2, -0.15) is 0 Å². The fourth-order valence-corrected chi connectivity index (χ4v) is 4.49. The molecule has 0 spiro atoms. The number of rotatable bonds is 10. The van der Waals surface area contributed by atoms with Gasteiger partial charge in [0.15, 0.2) is 6.17 Å². The van der Waals surface area contributed by atoms with E-state index in [-0.39, 0.29) is 42.3 Å². The summed E-state index contributed by atoms with van der Waals surface area (Å²) < 4.78 is 16.0. The number of alkyl halides is 1. The third-order valence-electron chi connectivity index (χ3n) is 6.43. The Hall–Kier alpha value is -3.83.